The molecule has 1 aromatic carbocycles. The maximum atomic E-state index is 11.7. The van der Waals surface area contributed by atoms with Crippen LogP contribution in [-0.2, 0) is 0 Å². The van der Waals surface area contributed by atoms with Crippen molar-refractivity contribution in [3.63, 3.8) is 0 Å². The Balaban J connectivity index is 3.20. The molecule has 16 heavy (non-hydrogen) atoms. The fourth-order valence-electron chi connectivity index (χ4n) is 1.38. The first kappa shape index (κ1) is 12.8. The number of Topliss-reactive ketones (excluding diaryl/α,β-unsaturated/α-hetero) is 1. The summed E-state index contributed by atoms with van der Waals surface area (Å²) in [6.45, 7) is 0.297. The summed E-state index contributed by atoms with van der Waals surface area (Å²) in [6, 6.07) is 3.26. The molecule has 88 valence electrons. The van der Waals surface area contributed by atoms with Gasteiger partial charge in [-0.05, 0) is 18.7 Å². The molecular formula is C11H14ClNO3. The van der Waals surface area contributed by atoms with Gasteiger partial charge in [0.25, 0.3) is 0 Å². The van der Waals surface area contributed by atoms with Crippen LogP contribution in [0.15, 0.2) is 12.1 Å². The van der Waals surface area contributed by atoms with E-state index in [9.17, 15) is 4.79 Å². The molecule has 0 aromatic heterocycles. The Bertz CT molecular complexity index is 393. The molecule has 0 unspecified atom stereocenters. The number of methoxy groups -OCH3 is 2. The number of hydrogen-bond acceptors (Lipinski definition) is 4. The van der Waals surface area contributed by atoms with Crippen LogP contribution in [0.2, 0.25) is 5.02 Å². The van der Waals surface area contributed by atoms with Crippen molar-refractivity contribution < 1.29 is 14.3 Å². The Morgan fingerprint density at radius 3 is 2.56 bits per heavy atom. The number of carbonyl (C=O) groups excluding carboxylic acids is 1. The zero-order valence-corrected chi connectivity index (χ0v) is 10.0. The summed E-state index contributed by atoms with van der Waals surface area (Å²) in [5, 5.41) is 0.299. The van der Waals surface area contributed by atoms with Crippen molar-refractivity contribution in [3.05, 3.63) is 22.7 Å². The van der Waals surface area contributed by atoms with Crippen LogP contribution in [-0.4, -0.2) is 26.5 Å². The maximum Gasteiger partial charge on any atom is 0.167 e. The zero-order valence-electron chi connectivity index (χ0n) is 9.25. The van der Waals surface area contributed by atoms with Crippen molar-refractivity contribution in [1.29, 1.82) is 0 Å². The summed E-state index contributed by atoms with van der Waals surface area (Å²) in [7, 11) is 2.96. The van der Waals surface area contributed by atoms with Crippen molar-refractivity contribution in [2.75, 3.05) is 20.8 Å². The average Bonchev–Trinajstić information content (AvgIpc) is 2.28. The van der Waals surface area contributed by atoms with E-state index in [1.807, 2.05) is 0 Å². The Morgan fingerprint density at radius 2 is 2.06 bits per heavy atom. The molecule has 4 nitrogen and oxygen atoms in total. The minimum absolute atomic E-state index is 0.0936. The SMILES string of the molecule is COc1ccc(C(=O)CCN)c(OC)c1Cl. The standard InChI is InChI=1S/C11H14ClNO3/c1-15-9-4-3-7(8(14)5-6-13)11(16-2)10(9)12/h3-4H,5-6,13H2,1-2H3. The van der Waals surface area contributed by atoms with Crippen LogP contribution < -0.4 is 15.2 Å². The third-order valence-corrected chi connectivity index (χ3v) is 2.52. The summed E-state index contributed by atoms with van der Waals surface area (Å²) in [4.78, 5) is 11.7. The van der Waals surface area contributed by atoms with Crippen molar-refractivity contribution in [2.45, 2.75) is 6.42 Å². The number of nitrogens with two attached hydrogens (primary N) is 1. The molecule has 0 spiro atoms. The Labute approximate surface area is 99.3 Å². The van der Waals surface area contributed by atoms with Gasteiger partial charge in [0.1, 0.15) is 10.8 Å². The highest BCUT2D eigenvalue weighted by atomic mass is 35.5. The first-order valence-electron chi connectivity index (χ1n) is 4.79. The topological polar surface area (TPSA) is 61.5 Å². The van der Waals surface area contributed by atoms with Crippen LogP contribution in [0, 0.1) is 0 Å². The third-order valence-electron chi connectivity index (χ3n) is 2.16. The molecule has 0 heterocycles. The lowest BCUT2D eigenvalue weighted by Crippen LogP contribution is -2.09. The fraction of sp³-hybridized carbons (Fsp3) is 0.364. The number of hydrogen-bond donors (Lipinski definition) is 1. The summed E-state index contributed by atoms with van der Waals surface area (Å²) < 4.78 is 10.1. The molecular weight excluding hydrogens is 230 g/mol. The van der Waals surface area contributed by atoms with Crippen LogP contribution in [0.25, 0.3) is 0 Å². The highest BCUT2D eigenvalue weighted by Gasteiger charge is 2.17. The second-order valence-corrected chi connectivity index (χ2v) is 3.50. The Hall–Kier alpha value is -1.26. The number of carbonyl (C=O) groups is 1. The molecule has 0 aliphatic rings. The lowest BCUT2D eigenvalue weighted by molar-refractivity contribution is 0.0982. The van der Waals surface area contributed by atoms with Crippen LogP contribution in [0.5, 0.6) is 11.5 Å². The predicted molar refractivity (Wildman–Crippen MR) is 62.6 cm³/mol. The van der Waals surface area contributed by atoms with Gasteiger partial charge in [-0.1, -0.05) is 11.6 Å². The number of benzene rings is 1. The number of rotatable bonds is 5. The molecule has 0 aliphatic heterocycles. The third kappa shape index (κ3) is 2.46. The van der Waals surface area contributed by atoms with Gasteiger partial charge in [0.2, 0.25) is 0 Å². The smallest absolute Gasteiger partial charge is 0.167 e. The molecule has 0 fully saturated rings. The number of halogens is 1. The van der Waals surface area contributed by atoms with Crippen LogP contribution in [0.1, 0.15) is 16.8 Å². The van der Waals surface area contributed by atoms with E-state index in [-0.39, 0.29) is 12.2 Å². The zero-order chi connectivity index (χ0) is 12.1. The van der Waals surface area contributed by atoms with Gasteiger partial charge < -0.3 is 15.2 Å². The van der Waals surface area contributed by atoms with E-state index < -0.39 is 0 Å². The van der Waals surface area contributed by atoms with Crippen LogP contribution >= 0.6 is 11.6 Å². The monoisotopic (exact) mass is 243 g/mol. The highest BCUT2D eigenvalue weighted by molar-refractivity contribution is 6.34. The van der Waals surface area contributed by atoms with Gasteiger partial charge in [0.05, 0.1) is 19.8 Å². The first-order chi connectivity index (χ1) is 7.65. The summed E-state index contributed by atoms with van der Waals surface area (Å²) in [5.74, 6) is 0.714. The second-order valence-electron chi connectivity index (χ2n) is 3.12. The minimum atomic E-state index is -0.0936. The molecule has 0 atom stereocenters. The summed E-state index contributed by atoms with van der Waals surface area (Å²) in [6.07, 6.45) is 0.263. The van der Waals surface area contributed by atoms with Gasteiger partial charge in [-0.25, -0.2) is 0 Å². The van der Waals surface area contributed by atoms with Crippen molar-refractivity contribution in [1.82, 2.24) is 0 Å². The fourth-order valence-corrected chi connectivity index (χ4v) is 1.70. The molecule has 2 N–H and O–H groups in total. The van der Waals surface area contributed by atoms with Gasteiger partial charge in [0, 0.05) is 6.42 Å². The van der Waals surface area contributed by atoms with Crippen LogP contribution in [0.4, 0.5) is 0 Å². The molecule has 1 aromatic rings. The lowest BCUT2D eigenvalue weighted by atomic mass is 10.1. The van der Waals surface area contributed by atoms with Gasteiger partial charge in [0.15, 0.2) is 11.5 Å². The number of ether oxygens (including phenoxy) is 2. The molecule has 0 saturated carbocycles. The molecule has 0 bridgehead atoms. The molecule has 0 saturated heterocycles. The summed E-state index contributed by atoms with van der Waals surface area (Å²) >= 11 is 6.02. The van der Waals surface area contributed by atoms with Crippen molar-refractivity contribution in [3.8, 4) is 11.5 Å². The molecule has 1 rings (SSSR count). The Morgan fingerprint density at radius 1 is 1.38 bits per heavy atom. The van der Waals surface area contributed by atoms with Crippen molar-refractivity contribution in [2.24, 2.45) is 5.73 Å². The second kappa shape index (κ2) is 5.72. The minimum Gasteiger partial charge on any atom is -0.495 e. The van der Waals surface area contributed by atoms with Gasteiger partial charge >= 0.3 is 0 Å². The average molecular weight is 244 g/mol. The van der Waals surface area contributed by atoms with Gasteiger partial charge in [-0.3, -0.25) is 4.79 Å². The van der Waals surface area contributed by atoms with E-state index in [2.05, 4.69) is 0 Å². The van der Waals surface area contributed by atoms with E-state index in [1.54, 1.807) is 12.1 Å². The molecule has 0 radical (unpaired) electrons. The van der Waals surface area contributed by atoms with Crippen molar-refractivity contribution >= 4 is 17.4 Å². The first-order valence-corrected chi connectivity index (χ1v) is 5.17. The van der Waals surface area contributed by atoms with Crippen LogP contribution in [0.3, 0.4) is 0 Å². The number of ketones is 1. The van der Waals surface area contributed by atoms with E-state index >= 15 is 0 Å². The Kier molecular flexibility index (Phi) is 4.58. The predicted octanol–water partition coefficient (Wildman–Crippen LogP) is 1.89. The molecule has 0 amide bonds. The summed E-state index contributed by atoms with van der Waals surface area (Å²) in [5.41, 5.74) is 5.76. The largest absolute Gasteiger partial charge is 0.495 e. The maximum absolute atomic E-state index is 11.7. The van der Waals surface area contributed by atoms with E-state index in [4.69, 9.17) is 26.8 Å². The van der Waals surface area contributed by atoms with E-state index in [0.717, 1.165) is 0 Å². The van der Waals surface area contributed by atoms with E-state index in [1.165, 1.54) is 14.2 Å². The quantitative estimate of drug-likeness (QED) is 0.803. The van der Waals surface area contributed by atoms with E-state index in [0.29, 0.717) is 28.6 Å². The van der Waals surface area contributed by atoms with Gasteiger partial charge in [-0.15, -0.1) is 0 Å². The molecule has 0 aliphatic carbocycles. The van der Waals surface area contributed by atoms with Gasteiger partial charge in [-0.2, -0.15) is 0 Å². The highest BCUT2D eigenvalue weighted by Crippen LogP contribution is 2.37. The lowest BCUT2D eigenvalue weighted by Gasteiger charge is -2.11. The molecule has 5 heteroatoms. The normalized spacial score (nSPS) is 10.0.